The van der Waals surface area contributed by atoms with Crippen LogP contribution in [0.5, 0.6) is 0 Å². The Balaban J connectivity index is 1.88. The summed E-state index contributed by atoms with van der Waals surface area (Å²) in [6.45, 7) is 6.20. The van der Waals surface area contributed by atoms with Crippen LogP contribution in [-0.2, 0) is 29.1 Å². The Morgan fingerprint density at radius 3 is 2.40 bits per heavy atom. The zero-order valence-corrected chi connectivity index (χ0v) is 23.5. The van der Waals surface area contributed by atoms with Gasteiger partial charge in [0.05, 0.1) is 12.2 Å². The number of carboxylic acid groups (broad SMARTS) is 1. The van der Waals surface area contributed by atoms with Crippen molar-refractivity contribution in [3.05, 3.63) is 76.1 Å². The van der Waals surface area contributed by atoms with Gasteiger partial charge in [0.2, 0.25) is 5.91 Å². The summed E-state index contributed by atoms with van der Waals surface area (Å²) in [4.78, 5) is 41.1. The smallest absolute Gasteiger partial charge is 0.339 e. The monoisotopic (exact) mass is 572 g/mol. The van der Waals surface area contributed by atoms with Gasteiger partial charge in [-0.2, -0.15) is 0 Å². The number of carbonyl (C=O) groups excluding carboxylic acids is 2. The van der Waals surface area contributed by atoms with E-state index in [4.69, 9.17) is 16.8 Å². The van der Waals surface area contributed by atoms with Crippen LogP contribution in [0.2, 0.25) is 5.15 Å². The lowest BCUT2D eigenvalue weighted by molar-refractivity contribution is -0.141. The number of imidazole rings is 1. The van der Waals surface area contributed by atoms with Crippen LogP contribution in [0.1, 0.15) is 67.5 Å². The van der Waals surface area contributed by atoms with E-state index in [9.17, 15) is 23.9 Å². The molecule has 0 fully saturated rings. The molecule has 1 heterocycles. The van der Waals surface area contributed by atoms with E-state index in [2.05, 4.69) is 17.2 Å². The summed E-state index contributed by atoms with van der Waals surface area (Å²) >= 11 is 6.51. The van der Waals surface area contributed by atoms with Crippen molar-refractivity contribution in [1.29, 1.82) is 0 Å². The molecule has 3 rings (SSSR count). The summed E-state index contributed by atoms with van der Waals surface area (Å²) < 4.78 is 16.1. The lowest BCUT2D eigenvalue weighted by Crippen LogP contribution is -2.41. The molecule has 0 radical (unpaired) electrons. The fourth-order valence-corrected chi connectivity index (χ4v) is 4.78. The third kappa shape index (κ3) is 7.45. The molecule has 0 aliphatic rings. The SMILES string of the molecule is CCCCc1nc(Cl)c(CNC(=O)C(CC(C)C)C(=O)NO)n1Cc1ccc(-c2cccc(F)c2C(=O)O)cc1. The minimum absolute atomic E-state index is 0.0213. The van der Waals surface area contributed by atoms with E-state index in [0.717, 1.165) is 30.3 Å². The highest BCUT2D eigenvalue weighted by atomic mass is 35.5. The zero-order chi connectivity index (χ0) is 29.4. The van der Waals surface area contributed by atoms with E-state index in [0.29, 0.717) is 24.2 Å². The first kappa shape index (κ1) is 30.8. The second-order valence-corrected chi connectivity index (χ2v) is 10.4. The number of hydrogen-bond acceptors (Lipinski definition) is 5. The standard InChI is InChI=1S/C29H34ClFN4O5/c1-4-5-9-24-33-26(30)23(15-32-27(36)21(14-17(2)3)28(37)34-40)35(24)16-18-10-12-19(13-11-18)20-7-6-8-22(31)25(20)29(38)39/h6-8,10-13,17,21,40H,4-5,9,14-16H2,1-3H3,(H,32,36)(H,34,37)(H,38,39). The van der Waals surface area contributed by atoms with Crippen molar-refractivity contribution in [1.82, 2.24) is 20.3 Å². The van der Waals surface area contributed by atoms with E-state index in [1.54, 1.807) is 23.7 Å². The molecule has 0 aliphatic heterocycles. The van der Waals surface area contributed by atoms with E-state index < -0.39 is 29.5 Å². The number of carboxylic acids is 1. The highest BCUT2D eigenvalue weighted by molar-refractivity contribution is 6.30. The molecule has 40 heavy (non-hydrogen) atoms. The van der Waals surface area contributed by atoms with Gasteiger partial charge in [-0.05, 0) is 41.5 Å². The van der Waals surface area contributed by atoms with Gasteiger partial charge in [0.1, 0.15) is 23.1 Å². The van der Waals surface area contributed by atoms with Crippen LogP contribution in [0.25, 0.3) is 11.1 Å². The first-order valence-corrected chi connectivity index (χ1v) is 13.5. The molecule has 0 spiro atoms. The molecule has 214 valence electrons. The van der Waals surface area contributed by atoms with Crippen LogP contribution < -0.4 is 10.8 Å². The second kappa shape index (κ2) is 14.0. The van der Waals surface area contributed by atoms with Crippen LogP contribution in [0.3, 0.4) is 0 Å². The first-order chi connectivity index (χ1) is 19.1. The molecule has 0 bridgehead atoms. The largest absolute Gasteiger partial charge is 0.478 e. The van der Waals surface area contributed by atoms with Gasteiger partial charge in [0.25, 0.3) is 5.91 Å². The lowest BCUT2D eigenvalue weighted by Gasteiger charge is -2.18. The van der Waals surface area contributed by atoms with Crippen molar-refractivity contribution < 1.29 is 29.1 Å². The Morgan fingerprint density at radius 2 is 1.80 bits per heavy atom. The molecular weight excluding hydrogens is 539 g/mol. The van der Waals surface area contributed by atoms with Gasteiger partial charge in [-0.3, -0.25) is 14.8 Å². The highest BCUT2D eigenvalue weighted by Gasteiger charge is 2.28. The molecule has 0 aliphatic carbocycles. The predicted octanol–water partition coefficient (Wildman–Crippen LogP) is 5.22. The molecule has 0 saturated heterocycles. The van der Waals surface area contributed by atoms with Crippen LogP contribution in [0, 0.1) is 17.7 Å². The number of aromatic nitrogens is 2. The Kier molecular flexibility index (Phi) is 10.8. The van der Waals surface area contributed by atoms with Crippen LogP contribution in [0.15, 0.2) is 42.5 Å². The van der Waals surface area contributed by atoms with Gasteiger partial charge in [-0.15, -0.1) is 0 Å². The number of halogens is 2. The summed E-state index contributed by atoms with van der Waals surface area (Å²) in [6, 6.07) is 11.2. The van der Waals surface area contributed by atoms with Crippen molar-refractivity contribution in [3.63, 3.8) is 0 Å². The Labute approximate surface area is 237 Å². The fourth-order valence-electron chi connectivity index (χ4n) is 4.52. The summed E-state index contributed by atoms with van der Waals surface area (Å²) in [5.41, 5.74) is 3.43. The molecule has 4 N–H and O–H groups in total. The van der Waals surface area contributed by atoms with Crippen molar-refractivity contribution in [2.45, 2.75) is 59.5 Å². The third-order valence-corrected chi connectivity index (χ3v) is 6.87. The van der Waals surface area contributed by atoms with Gasteiger partial charge in [-0.25, -0.2) is 19.6 Å². The maximum absolute atomic E-state index is 14.2. The number of hydroxylamine groups is 1. The summed E-state index contributed by atoms with van der Waals surface area (Å²) in [5.74, 6) is -3.74. The Bertz CT molecular complexity index is 1360. The number of hydrogen-bond donors (Lipinski definition) is 4. The number of nitrogens with zero attached hydrogens (tertiary/aromatic N) is 2. The average Bonchev–Trinajstić information content (AvgIpc) is 3.21. The molecule has 9 nitrogen and oxygen atoms in total. The molecule has 1 atom stereocenters. The van der Waals surface area contributed by atoms with Crippen molar-refractivity contribution >= 4 is 29.4 Å². The molecule has 11 heteroatoms. The van der Waals surface area contributed by atoms with Crippen molar-refractivity contribution in [3.8, 4) is 11.1 Å². The van der Waals surface area contributed by atoms with Crippen LogP contribution in [-0.4, -0.2) is 37.6 Å². The number of carbonyl (C=O) groups is 3. The van der Waals surface area contributed by atoms with Crippen LogP contribution in [0.4, 0.5) is 4.39 Å². The van der Waals surface area contributed by atoms with Crippen molar-refractivity contribution in [2.75, 3.05) is 0 Å². The fraction of sp³-hybridized carbons (Fsp3) is 0.379. The van der Waals surface area contributed by atoms with E-state index >= 15 is 0 Å². The van der Waals surface area contributed by atoms with Gasteiger partial charge in [0, 0.05) is 13.0 Å². The van der Waals surface area contributed by atoms with Crippen molar-refractivity contribution in [2.24, 2.45) is 11.8 Å². The normalized spacial score (nSPS) is 11.9. The number of aryl methyl sites for hydroxylation is 1. The molecular formula is C29H34ClFN4O5. The predicted molar refractivity (Wildman–Crippen MR) is 148 cm³/mol. The number of rotatable bonds is 13. The number of benzene rings is 2. The second-order valence-electron chi connectivity index (χ2n) is 10.00. The summed E-state index contributed by atoms with van der Waals surface area (Å²) in [7, 11) is 0. The number of unbranched alkanes of at least 4 members (excludes halogenated alkanes) is 1. The summed E-state index contributed by atoms with van der Waals surface area (Å²) in [5, 5.41) is 21.5. The minimum atomic E-state index is -1.34. The number of nitrogens with one attached hydrogen (secondary N) is 2. The number of aromatic carboxylic acids is 1. The quantitative estimate of drug-likeness (QED) is 0.126. The lowest BCUT2D eigenvalue weighted by atomic mass is 9.95. The van der Waals surface area contributed by atoms with Crippen LogP contribution >= 0.6 is 11.6 Å². The topological polar surface area (TPSA) is 134 Å². The minimum Gasteiger partial charge on any atom is -0.478 e. The summed E-state index contributed by atoms with van der Waals surface area (Å²) in [6.07, 6.45) is 2.74. The van der Waals surface area contributed by atoms with Gasteiger partial charge in [0.15, 0.2) is 5.15 Å². The number of amides is 2. The molecule has 3 aromatic rings. The molecule has 2 aromatic carbocycles. The van der Waals surface area contributed by atoms with E-state index in [-0.39, 0.29) is 35.2 Å². The average molecular weight is 573 g/mol. The molecule has 1 aromatic heterocycles. The molecule has 1 unspecified atom stereocenters. The van der Waals surface area contributed by atoms with Gasteiger partial charge >= 0.3 is 5.97 Å². The maximum atomic E-state index is 14.2. The van der Waals surface area contributed by atoms with Gasteiger partial charge < -0.3 is 15.0 Å². The molecule has 0 saturated carbocycles. The molecule has 2 amide bonds. The maximum Gasteiger partial charge on any atom is 0.339 e. The van der Waals surface area contributed by atoms with E-state index in [1.807, 2.05) is 30.5 Å². The third-order valence-electron chi connectivity index (χ3n) is 6.57. The first-order valence-electron chi connectivity index (χ1n) is 13.1. The Morgan fingerprint density at radius 1 is 1.10 bits per heavy atom. The zero-order valence-electron chi connectivity index (χ0n) is 22.7. The highest BCUT2D eigenvalue weighted by Crippen LogP contribution is 2.27. The van der Waals surface area contributed by atoms with E-state index in [1.165, 1.54) is 6.07 Å². The Hall–Kier alpha value is -3.76. The van der Waals surface area contributed by atoms with Gasteiger partial charge in [-0.1, -0.05) is 75.2 Å².